The molecule has 2 rings (SSSR count). The van der Waals surface area contributed by atoms with E-state index < -0.39 is 0 Å². The first-order valence-electron chi connectivity index (χ1n) is 7.84. The average molecular weight is 272 g/mol. The third-order valence-corrected chi connectivity index (χ3v) is 4.55. The topological polar surface area (TPSA) is 6.48 Å². The molecule has 0 N–H and O–H groups in total. The fraction of sp³-hybridized carbons (Fsp3) is 0.556. The van der Waals surface area contributed by atoms with Crippen LogP contribution in [0.2, 0.25) is 0 Å². The SMILES string of the molecule is C=C/C=C\C(=C(\C)C=C)N1CCN(CC2CCC2)CC1. The van der Waals surface area contributed by atoms with Gasteiger partial charge in [-0.25, -0.2) is 0 Å². The van der Waals surface area contributed by atoms with Gasteiger partial charge in [-0.3, -0.25) is 4.90 Å². The molecule has 110 valence electrons. The summed E-state index contributed by atoms with van der Waals surface area (Å²) in [5.74, 6) is 0.979. The van der Waals surface area contributed by atoms with Gasteiger partial charge in [0.05, 0.1) is 0 Å². The van der Waals surface area contributed by atoms with E-state index in [2.05, 4.69) is 36.0 Å². The highest BCUT2D eigenvalue weighted by Crippen LogP contribution is 2.27. The van der Waals surface area contributed by atoms with Crippen LogP contribution >= 0.6 is 0 Å². The van der Waals surface area contributed by atoms with Crippen molar-refractivity contribution in [3.8, 4) is 0 Å². The van der Waals surface area contributed by atoms with E-state index in [0.717, 1.165) is 19.0 Å². The van der Waals surface area contributed by atoms with Crippen LogP contribution in [0.25, 0.3) is 0 Å². The lowest BCUT2D eigenvalue weighted by Gasteiger charge is -2.40. The van der Waals surface area contributed by atoms with Crippen LogP contribution in [-0.4, -0.2) is 42.5 Å². The predicted molar refractivity (Wildman–Crippen MR) is 87.6 cm³/mol. The second-order valence-electron chi connectivity index (χ2n) is 5.95. The maximum absolute atomic E-state index is 3.90. The van der Waals surface area contributed by atoms with Gasteiger partial charge in [-0.1, -0.05) is 37.8 Å². The van der Waals surface area contributed by atoms with E-state index in [-0.39, 0.29) is 0 Å². The average Bonchev–Trinajstić information content (AvgIpc) is 2.44. The van der Waals surface area contributed by atoms with Gasteiger partial charge in [0.1, 0.15) is 0 Å². The molecule has 1 saturated heterocycles. The summed E-state index contributed by atoms with van der Waals surface area (Å²) in [6.45, 7) is 15.7. The minimum atomic E-state index is 0.979. The summed E-state index contributed by atoms with van der Waals surface area (Å²) in [7, 11) is 0. The van der Waals surface area contributed by atoms with Crippen molar-refractivity contribution in [3.63, 3.8) is 0 Å². The number of rotatable bonds is 6. The predicted octanol–water partition coefficient (Wildman–Crippen LogP) is 3.61. The van der Waals surface area contributed by atoms with Crippen molar-refractivity contribution in [1.82, 2.24) is 9.80 Å². The van der Waals surface area contributed by atoms with Crippen molar-refractivity contribution in [2.75, 3.05) is 32.7 Å². The van der Waals surface area contributed by atoms with Crippen LogP contribution in [0.15, 0.2) is 48.7 Å². The fourth-order valence-corrected chi connectivity index (χ4v) is 2.96. The zero-order chi connectivity index (χ0) is 14.4. The number of allylic oxidation sites excluding steroid dienone is 5. The van der Waals surface area contributed by atoms with E-state index in [1.165, 1.54) is 50.2 Å². The summed E-state index contributed by atoms with van der Waals surface area (Å²) in [5.41, 5.74) is 2.54. The molecule has 0 radical (unpaired) electrons. The van der Waals surface area contributed by atoms with Crippen molar-refractivity contribution < 1.29 is 0 Å². The molecule has 0 amide bonds. The van der Waals surface area contributed by atoms with Crippen LogP contribution in [0.3, 0.4) is 0 Å². The Bertz CT molecular complexity index is 394. The minimum absolute atomic E-state index is 0.979. The molecule has 0 aromatic rings. The van der Waals surface area contributed by atoms with Crippen LogP contribution < -0.4 is 0 Å². The zero-order valence-corrected chi connectivity index (χ0v) is 12.9. The molecule has 2 aliphatic rings. The van der Waals surface area contributed by atoms with E-state index in [1.807, 2.05) is 18.2 Å². The Morgan fingerprint density at radius 3 is 2.35 bits per heavy atom. The van der Waals surface area contributed by atoms with Gasteiger partial charge in [0.2, 0.25) is 0 Å². The Morgan fingerprint density at radius 2 is 1.85 bits per heavy atom. The number of hydrogen-bond donors (Lipinski definition) is 0. The quantitative estimate of drug-likeness (QED) is 0.682. The monoisotopic (exact) mass is 272 g/mol. The molecule has 20 heavy (non-hydrogen) atoms. The fourth-order valence-electron chi connectivity index (χ4n) is 2.96. The van der Waals surface area contributed by atoms with Crippen LogP contribution in [0.4, 0.5) is 0 Å². The highest BCUT2D eigenvalue weighted by atomic mass is 15.3. The standard InChI is InChI=1S/C18H28N2/c1-4-6-10-18(16(3)5-2)20-13-11-19(12-14-20)15-17-8-7-9-17/h4-6,10,17H,1-2,7-9,11-15H2,3H3/b10-6-,18-16+. The van der Waals surface area contributed by atoms with Gasteiger partial charge in [-0.05, 0) is 37.3 Å². The molecule has 2 fully saturated rings. The second kappa shape index (κ2) is 7.49. The van der Waals surface area contributed by atoms with Crippen LogP contribution in [-0.2, 0) is 0 Å². The Labute approximate surface area is 124 Å². The first-order chi connectivity index (χ1) is 9.74. The molecular formula is C18H28N2. The van der Waals surface area contributed by atoms with Crippen molar-refractivity contribution in [2.45, 2.75) is 26.2 Å². The highest BCUT2D eigenvalue weighted by Gasteiger charge is 2.24. The van der Waals surface area contributed by atoms with Gasteiger partial charge < -0.3 is 4.90 Å². The number of piperazine rings is 1. The lowest BCUT2D eigenvalue weighted by atomic mass is 9.85. The van der Waals surface area contributed by atoms with Crippen LogP contribution in [0, 0.1) is 5.92 Å². The van der Waals surface area contributed by atoms with Gasteiger partial charge in [0.15, 0.2) is 0 Å². The lowest BCUT2D eigenvalue weighted by molar-refractivity contribution is 0.119. The summed E-state index contributed by atoms with van der Waals surface area (Å²) in [6, 6.07) is 0. The number of hydrogen-bond acceptors (Lipinski definition) is 2. The molecule has 1 saturated carbocycles. The first kappa shape index (κ1) is 15.1. The van der Waals surface area contributed by atoms with Crippen LogP contribution in [0.5, 0.6) is 0 Å². The molecule has 1 aliphatic heterocycles. The Hall–Kier alpha value is -1.28. The van der Waals surface area contributed by atoms with E-state index in [9.17, 15) is 0 Å². The first-order valence-corrected chi connectivity index (χ1v) is 7.84. The smallest absolute Gasteiger partial charge is 0.0396 e. The highest BCUT2D eigenvalue weighted by molar-refractivity contribution is 5.31. The third kappa shape index (κ3) is 3.86. The molecule has 0 spiro atoms. The lowest BCUT2D eigenvalue weighted by Crippen LogP contribution is -2.47. The van der Waals surface area contributed by atoms with Crippen molar-refractivity contribution in [2.24, 2.45) is 5.92 Å². The van der Waals surface area contributed by atoms with Gasteiger partial charge in [0, 0.05) is 38.4 Å². The Balaban J connectivity index is 1.91. The van der Waals surface area contributed by atoms with Crippen molar-refractivity contribution in [3.05, 3.63) is 48.7 Å². The van der Waals surface area contributed by atoms with Crippen molar-refractivity contribution >= 4 is 0 Å². The third-order valence-electron chi connectivity index (χ3n) is 4.55. The van der Waals surface area contributed by atoms with E-state index in [1.54, 1.807) is 0 Å². The minimum Gasteiger partial charge on any atom is -0.369 e. The molecular weight excluding hydrogens is 244 g/mol. The molecule has 2 heteroatoms. The van der Waals surface area contributed by atoms with Crippen LogP contribution in [0.1, 0.15) is 26.2 Å². The zero-order valence-electron chi connectivity index (χ0n) is 12.9. The van der Waals surface area contributed by atoms with Gasteiger partial charge in [-0.15, -0.1) is 0 Å². The summed E-state index contributed by atoms with van der Waals surface area (Å²) in [5, 5.41) is 0. The van der Waals surface area contributed by atoms with E-state index in [0.29, 0.717) is 0 Å². The van der Waals surface area contributed by atoms with Gasteiger partial charge >= 0.3 is 0 Å². The maximum Gasteiger partial charge on any atom is 0.0396 e. The van der Waals surface area contributed by atoms with Crippen molar-refractivity contribution in [1.29, 1.82) is 0 Å². The van der Waals surface area contributed by atoms with Gasteiger partial charge in [0.25, 0.3) is 0 Å². The maximum atomic E-state index is 3.90. The second-order valence-corrected chi connectivity index (χ2v) is 5.95. The summed E-state index contributed by atoms with van der Waals surface area (Å²) in [6.07, 6.45) is 12.3. The Morgan fingerprint density at radius 1 is 1.15 bits per heavy atom. The largest absolute Gasteiger partial charge is 0.369 e. The van der Waals surface area contributed by atoms with E-state index >= 15 is 0 Å². The summed E-state index contributed by atoms with van der Waals surface area (Å²) < 4.78 is 0. The molecule has 0 aromatic heterocycles. The van der Waals surface area contributed by atoms with E-state index in [4.69, 9.17) is 0 Å². The molecule has 2 nitrogen and oxygen atoms in total. The normalized spacial score (nSPS) is 22.6. The number of nitrogens with zero attached hydrogens (tertiary/aromatic N) is 2. The molecule has 0 unspecified atom stereocenters. The molecule has 0 aromatic carbocycles. The Kier molecular flexibility index (Phi) is 5.66. The summed E-state index contributed by atoms with van der Waals surface area (Å²) >= 11 is 0. The molecule has 0 bridgehead atoms. The molecule has 1 aliphatic carbocycles. The summed E-state index contributed by atoms with van der Waals surface area (Å²) in [4.78, 5) is 5.12. The van der Waals surface area contributed by atoms with Gasteiger partial charge in [-0.2, -0.15) is 0 Å². The molecule has 0 atom stereocenters. The molecule has 1 heterocycles.